The number of rotatable bonds is 2. The molecule has 0 amide bonds. The number of nitrogens with zero attached hydrogens (tertiary/aromatic N) is 1. The van der Waals surface area contributed by atoms with Gasteiger partial charge in [-0.25, -0.2) is 8.42 Å². The Morgan fingerprint density at radius 2 is 2.18 bits per heavy atom. The van der Waals surface area contributed by atoms with Crippen molar-refractivity contribution in [2.75, 3.05) is 18.8 Å². The summed E-state index contributed by atoms with van der Waals surface area (Å²) in [4.78, 5) is 0.0380. The lowest BCUT2D eigenvalue weighted by molar-refractivity contribution is 0.189. The molecule has 0 spiro atoms. The monoisotopic (exact) mass is 276 g/mol. The van der Waals surface area contributed by atoms with E-state index in [2.05, 4.69) is 0 Å². The lowest BCUT2D eigenvalue weighted by Gasteiger charge is -2.17. The van der Waals surface area contributed by atoms with Gasteiger partial charge in [-0.3, -0.25) is 0 Å². The van der Waals surface area contributed by atoms with Crippen molar-refractivity contribution in [1.82, 2.24) is 4.31 Å². The Labute approximate surface area is 105 Å². The minimum Gasteiger partial charge on any atom is -0.398 e. The highest BCUT2D eigenvalue weighted by atomic mass is 35.5. The van der Waals surface area contributed by atoms with Crippen molar-refractivity contribution in [1.29, 1.82) is 0 Å². The van der Waals surface area contributed by atoms with Crippen molar-refractivity contribution in [2.45, 2.75) is 17.4 Å². The smallest absolute Gasteiger partial charge is 0.245 e. The summed E-state index contributed by atoms with van der Waals surface area (Å²) in [5, 5.41) is 9.76. The fraction of sp³-hybridized carbons (Fsp3) is 0.400. The van der Waals surface area contributed by atoms with Crippen LogP contribution in [-0.2, 0) is 10.0 Å². The van der Waals surface area contributed by atoms with E-state index < -0.39 is 16.1 Å². The Morgan fingerprint density at radius 3 is 2.71 bits per heavy atom. The first-order valence-electron chi connectivity index (χ1n) is 5.14. The number of anilines is 1. The lowest BCUT2D eigenvalue weighted by atomic mass is 10.3. The third-order valence-electron chi connectivity index (χ3n) is 2.72. The molecule has 94 valence electrons. The van der Waals surface area contributed by atoms with Crippen LogP contribution >= 0.6 is 11.6 Å². The summed E-state index contributed by atoms with van der Waals surface area (Å²) in [6.45, 7) is 0.427. The molecule has 1 fully saturated rings. The minimum absolute atomic E-state index is 0.0380. The maximum Gasteiger partial charge on any atom is 0.245 e. The van der Waals surface area contributed by atoms with Gasteiger partial charge >= 0.3 is 0 Å². The lowest BCUT2D eigenvalue weighted by Crippen LogP contribution is -2.30. The molecule has 1 heterocycles. The molecule has 1 saturated heterocycles. The molecule has 1 atom stereocenters. The van der Waals surface area contributed by atoms with Gasteiger partial charge in [-0.05, 0) is 24.6 Å². The maximum absolute atomic E-state index is 12.2. The molecule has 0 aliphatic carbocycles. The van der Waals surface area contributed by atoms with Gasteiger partial charge in [0.15, 0.2) is 0 Å². The fourth-order valence-corrected chi connectivity index (χ4v) is 3.59. The highest BCUT2D eigenvalue weighted by Crippen LogP contribution is 2.27. The molecule has 1 aromatic carbocycles. The average molecular weight is 277 g/mol. The Bertz CT molecular complexity index is 532. The summed E-state index contributed by atoms with van der Waals surface area (Å²) in [7, 11) is -3.63. The van der Waals surface area contributed by atoms with E-state index in [1.54, 1.807) is 0 Å². The second-order valence-corrected chi connectivity index (χ2v) is 6.33. The summed E-state index contributed by atoms with van der Waals surface area (Å²) < 4.78 is 25.6. The van der Waals surface area contributed by atoms with Gasteiger partial charge in [0.2, 0.25) is 10.0 Å². The van der Waals surface area contributed by atoms with E-state index in [4.69, 9.17) is 17.3 Å². The standard InChI is InChI=1S/C10H13ClN2O3S/c11-7-1-2-10(9(12)5-7)17(15,16)13-4-3-8(14)6-13/h1-2,5,8,14H,3-4,6,12H2/t8-/m1/s1. The summed E-state index contributed by atoms with van der Waals surface area (Å²) in [5.74, 6) is 0. The Hall–Kier alpha value is -0.820. The first-order chi connectivity index (χ1) is 7.91. The molecule has 0 saturated carbocycles. The molecule has 17 heavy (non-hydrogen) atoms. The predicted molar refractivity (Wildman–Crippen MR) is 65.2 cm³/mol. The number of benzene rings is 1. The number of β-amino-alcohol motifs (C(OH)–C–C–N with tert-alkyl or cyclic N) is 1. The predicted octanol–water partition coefficient (Wildman–Crippen LogP) is 0.678. The van der Waals surface area contributed by atoms with Crippen LogP contribution in [0.15, 0.2) is 23.1 Å². The van der Waals surface area contributed by atoms with Crippen molar-refractivity contribution >= 4 is 27.3 Å². The SMILES string of the molecule is Nc1cc(Cl)ccc1S(=O)(=O)N1CC[C@@H](O)C1. The van der Waals surface area contributed by atoms with Crippen LogP contribution < -0.4 is 5.73 Å². The van der Waals surface area contributed by atoms with Crippen molar-refractivity contribution in [3.63, 3.8) is 0 Å². The van der Waals surface area contributed by atoms with E-state index in [0.717, 1.165) is 0 Å². The van der Waals surface area contributed by atoms with Crippen LogP contribution in [0.1, 0.15) is 6.42 Å². The third kappa shape index (κ3) is 2.40. The fourth-order valence-electron chi connectivity index (χ4n) is 1.82. The van der Waals surface area contributed by atoms with Gasteiger partial charge in [0.05, 0.1) is 11.8 Å². The molecular weight excluding hydrogens is 264 g/mol. The van der Waals surface area contributed by atoms with E-state index >= 15 is 0 Å². The average Bonchev–Trinajstić information content (AvgIpc) is 2.64. The van der Waals surface area contributed by atoms with Crippen molar-refractivity contribution < 1.29 is 13.5 Å². The van der Waals surface area contributed by atoms with Gasteiger partial charge in [0.25, 0.3) is 0 Å². The van der Waals surface area contributed by atoms with Crippen LogP contribution in [0.25, 0.3) is 0 Å². The molecule has 0 aromatic heterocycles. The molecule has 1 aliphatic heterocycles. The molecule has 0 bridgehead atoms. The minimum atomic E-state index is -3.63. The van der Waals surface area contributed by atoms with Crippen LogP contribution in [0, 0.1) is 0 Å². The second kappa shape index (κ2) is 4.45. The van der Waals surface area contributed by atoms with E-state index in [0.29, 0.717) is 18.0 Å². The van der Waals surface area contributed by atoms with E-state index in [1.807, 2.05) is 0 Å². The molecule has 0 unspecified atom stereocenters. The summed E-state index contributed by atoms with van der Waals surface area (Å²) >= 11 is 5.72. The Morgan fingerprint density at radius 1 is 1.47 bits per heavy atom. The molecule has 1 aromatic rings. The normalized spacial score (nSPS) is 21.9. The van der Waals surface area contributed by atoms with Gasteiger partial charge in [-0.2, -0.15) is 4.31 Å². The van der Waals surface area contributed by atoms with E-state index in [1.165, 1.54) is 22.5 Å². The largest absolute Gasteiger partial charge is 0.398 e. The summed E-state index contributed by atoms with van der Waals surface area (Å²) in [5.41, 5.74) is 5.78. The van der Waals surface area contributed by atoms with E-state index in [-0.39, 0.29) is 17.1 Å². The number of hydrogen-bond acceptors (Lipinski definition) is 4. The topological polar surface area (TPSA) is 83.6 Å². The molecule has 0 radical (unpaired) electrons. The van der Waals surface area contributed by atoms with Crippen LogP contribution in [-0.4, -0.2) is 37.0 Å². The number of aliphatic hydroxyl groups is 1. The van der Waals surface area contributed by atoms with Crippen LogP contribution in [0.3, 0.4) is 0 Å². The highest BCUT2D eigenvalue weighted by Gasteiger charge is 2.32. The van der Waals surface area contributed by atoms with Gasteiger partial charge < -0.3 is 10.8 Å². The molecule has 7 heteroatoms. The van der Waals surface area contributed by atoms with Gasteiger partial charge in [0, 0.05) is 18.1 Å². The van der Waals surface area contributed by atoms with E-state index in [9.17, 15) is 13.5 Å². The van der Waals surface area contributed by atoms with Crippen molar-refractivity contribution in [3.05, 3.63) is 23.2 Å². The Kier molecular flexibility index (Phi) is 3.31. The molecular formula is C10H13ClN2O3S. The first kappa shape index (κ1) is 12.6. The Balaban J connectivity index is 2.38. The van der Waals surface area contributed by atoms with Gasteiger partial charge in [-0.15, -0.1) is 0 Å². The summed E-state index contributed by atoms with van der Waals surface area (Å²) in [6.07, 6.45) is -0.148. The van der Waals surface area contributed by atoms with Crippen LogP contribution in [0.4, 0.5) is 5.69 Å². The number of nitrogens with two attached hydrogens (primary N) is 1. The number of sulfonamides is 1. The van der Waals surface area contributed by atoms with Crippen molar-refractivity contribution in [3.8, 4) is 0 Å². The highest BCUT2D eigenvalue weighted by molar-refractivity contribution is 7.89. The molecule has 1 aliphatic rings. The zero-order valence-electron chi connectivity index (χ0n) is 9.01. The molecule has 2 rings (SSSR count). The second-order valence-electron chi connectivity index (χ2n) is 3.99. The quantitative estimate of drug-likeness (QED) is 0.778. The maximum atomic E-state index is 12.2. The zero-order chi connectivity index (χ0) is 12.6. The number of aliphatic hydroxyl groups excluding tert-OH is 1. The molecule has 5 nitrogen and oxygen atoms in total. The number of halogens is 1. The van der Waals surface area contributed by atoms with Crippen LogP contribution in [0.5, 0.6) is 0 Å². The number of nitrogen functional groups attached to an aromatic ring is 1. The third-order valence-corrected chi connectivity index (χ3v) is 4.89. The van der Waals surface area contributed by atoms with Crippen molar-refractivity contribution in [2.24, 2.45) is 0 Å². The van der Waals surface area contributed by atoms with Gasteiger partial charge in [0.1, 0.15) is 4.90 Å². The van der Waals surface area contributed by atoms with Crippen LogP contribution in [0.2, 0.25) is 5.02 Å². The zero-order valence-corrected chi connectivity index (χ0v) is 10.6. The summed E-state index contributed by atoms with van der Waals surface area (Å²) in [6, 6.07) is 4.27. The van der Waals surface area contributed by atoms with Gasteiger partial charge in [-0.1, -0.05) is 11.6 Å². The first-order valence-corrected chi connectivity index (χ1v) is 6.96. The number of hydrogen-bond donors (Lipinski definition) is 2. The molecule has 3 N–H and O–H groups in total.